The van der Waals surface area contributed by atoms with Gasteiger partial charge in [-0.15, -0.1) is 0 Å². The molecule has 2 rings (SSSR count). The van der Waals surface area contributed by atoms with Crippen LogP contribution in [0.15, 0.2) is 46.9 Å². The highest BCUT2D eigenvalue weighted by Crippen LogP contribution is 2.33. The lowest BCUT2D eigenvalue weighted by atomic mass is 9.97. The van der Waals surface area contributed by atoms with Gasteiger partial charge in [0, 0.05) is 15.1 Å². The first-order valence-electron chi connectivity index (χ1n) is 6.98. The zero-order valence-electron chi connectivity index (χ0n) is 12.2. The molecule has 0 aliphatic heterocycles. The van der Waals surface area contributed by atoms with E-state index in [4.69, 9.17) is 16.3 Å². The van der Waals surface area contributed by atoms with Gasteiger partial charge in [0.15, 0.2) is 0 Å². The van der Waals surface area contributed by atoms with Crippen molar-refractivity contribution in [1.29, 1.82) is 0 Å². The summed E-state index contributed by atoms with van der Waals surface area (Å²) in [6.07, 6.45) is 1.07. The third-order valence-electron chi connectivity index (χ3n) is 3.29. The predicted octanol–water partition coefficient (Wildman–Crippen LogP) is 5.20. The van der Waals surface area contributed by atoms with E-state index in [-0.39, 0.29) is 6.04 Å². The minimum absolute atomic E-state index is 0.0618. The second kappa shape index (κ2) is 7.83. The summed E-state index contributed by atoms with van der Waals surface area (Å²) in [5.41, 5.74) is 2.24. The summed E-state index contributed by atoms with van der Waals surface area (Å²) in [6, 6.07) is 14.1. The van der Waals surface area contributed by atoms with Crippen LogP contribution in [0.5, 0.6) is 5.75 Å². The van der Waals surface area contributed by atoms with Crippen LogP contribution in [0, 0.1) is 0 Å². The molecule has 0 saturated heterocycles. The van der Waals surface area contributed by atoms with Crippen LogP contribution < -0.4 is 10.1 Å². The first-order chi connectivity index (χ1) is 10.2. The Morgan fingerprint density at radius 3 is 2.71 bits per heavy atom. The third kappa shape index (κ3) is 4.22. The van der Waals surface area contributed by atoms with Gasteiger partial charge in [0.1, 0.15) is 5.75 Å². The fraction of sp³-hybridized carbons (Fsp3) is 0.294. The van der Waals surface area contributed by atoms with Gasteiger partial charge in [-0.2, -0.15) is 0 Å². The van der Waals surface area contributed by atoms with Gasteiger partial charge in [-0.25, -0.2) is 0 Å². The first-order valence-corrected chi connectivity index (χ1v) is 8.15. The molecule has 1 atom stereocenters. The second-order valence-electron chi connectivity index (χ2n) is 4.83. The molecule has 4 heteroatoms. The molecule has 1 N–H and O–H groups in total. The lowest BCUT2D eigenvalue weighted by Gasteiger charge is -2.22. The molecule has 21 heavy (non-hydrogen) atoms. The van der Waals surface area contributed by atoms with Crippen LogP contribution in [0.25, 0.3) is 0 Å². The van der Waals surface area contributed by atoms with Crippen molar-refractivity contribution in [3.05, 3.63) is 63.1 Å². The summed E-state index contributed by atoms with van der Waals surface area (Å²) in [5, 5.41) is 4.31. The molecule has 1 unspecified atom stereocenters. The lowest BCUT2D eigenvalue weighted by molar-refractivity contribution is 0.403. The van der Waals surface area contributed by atoms with E-state index < -0.39 is 0 Å². The molecule has 0 spiro atoms. The van der Waals surface area contributed by atoms with Crippen LogP contribution in [0.3, 0.4) is 0 Å². The number of methoxy groups -OCH3 is 1. The molecule has 0 aromatic heterocycles. The van der Waals surface area contributed by atoms with Crippen molar-refractivity contribution in [2.24, 2.45) is 0 Å². The van der Waals surface area contributed by atoms with E-state index in [0.717, 1.165) is 39.3 Å². The topological polar surface area (TPSA) is 21.3 Å². The molecular weight excluding hydrogens is 350 g/mol. The molecule has 2 aromatic carbocycles. The Balaban J connectivity index is 2.45. The Kier molecular flexibility index (Phi) is 6.09. The highest BCUT2D eigenvalue weighted by molar-refractivity contribution is 9.10. The fourth-order valence-electron chi connectivity index (χ4n) is 2.31. The van der Waals surface area contributed by atoms with Crippen molar-refractivity contribution in [2.45, 2.75) is 19.4 Å². The van der Waals surface area contributed by atoms with Crippen LogP contribution in [0.4, 0.5) is 0 Å². The largest absolute Gasteiger partial charge is 0.496 e. The smallest absolute Gasteiger partial charge is 0.125 e. The van der Waals surface area contributed by atoms with Crippen molar-refractivity contribution in [3.8, 4) is 5.75 Å². The normalized spacial score (nSPS) is 12.2. The summed E-state index contributed by atoms with van der Waals surface area (Å²) in [4.78, 5) is 0. The van der Waals surface area contributed by atoms with E-state index in [0.29, 0.717) is 0 Å². The van der Waals surface area contributed by atoms with Crippen LogP contribution in [-0.4, -0.2) is 13.7 Å². The van der Waals surface area contributed by atoms with E-state index >= 15 is 0 Å². The minimum atomic E-state index is 0.0618. The number of hydrogen-bond donors (Lipinski definition) is 1. The number of benzene rings is 2. The van der Waals surface area contributed by atoms with E-state index in [9.17, 15) is 0 Å². The number of halogens is 2. The summed E-state index contributed by atoms with van der Waals surface area (Å²) in [6.45, 7) is 3.08. The molecule has 0 radical (unpaired) electrons. The maximum Gasteiger partial charge on any atom is 0.125 e. The summed E-state index contributed by atoms with van der Waals surface area (Å²) >= 11 is 9.63. The van der Waals surface area contributed by atoms with Gasteiger partial charge in [0.2, 0.25) is 0 Å². The molecule has 2 aromatic rings. The quantitative estimate of drug-likeness (QED) is 0.756. The number of hydrogen-bond acceptors (Lipinski definition) is 2. The summed E-state index contributed by atoms with van der Waals surface area (Å²) < 4.78 is 6.54. The Labute approximate surface area is 139 Å². The van der Waals surface area contributed by atoms with Gasteiger partial charge in [0.25, 0.3) is 0 Å². The monoisotopic (exact) mass is 367 g/mol. The van der Waals surface area contributed by atoms with Crippen LogP contribution >= 0.6 is 27.5 Å². The van der Waals surface area contributed by atoms with Crippen molar-refractivity contribution < 1.29 is 4.74 Å². The molecule has 0 fully saturated rings. The Morgan fingerprint density at radius 2 is 2.05 bits per heavy atom. The molecule has 0 bridgehead atoms. The Bertz CT molecular complexity index is 603. The summed E-state index contributed by atoms with van der Waals surface area (Å²) in [5.74, 6) is 0.859. The second-order valence-corrected chi connectivity index (χ2v) is 6.18. The lowest BCUT2D eigenvalue weighted by Crippen LogP contribution is -2.23. The summed E-state index contributed by atoms with van der Waals surface area (Å²) in [7, 11) is 1.69. The van der Waals surface area contributed by atoms with E-state index in [1.54, 1.807) is 7.11 Å². The molecule has 0 saturated carbocycles. The van der Waals surface area contributed by atoms with E-state index in [1.165, 1.54) is 0 Å². The standard InChI is InChI=1S/C17H19BrClNO/c1-3-9-20-17(12-5-4-6-14(19)10-12)15-8-7-13(18)11-16(15)21-2/h4-8,10-11,17,20H,3,9H2,1-2H3. The van der Waals surface area contributed by atoms with Crippen LogP contribution in [0.1, 0.15) is 30.5 Å². The van der Waals surface area contributed by atoms with Crippen molar-refractivity contribution in [2.75, 3.05) is 13.7 Å². The number of nitrogens with one attached hydrogen (secondary N) is 1. The molecule has 0 aliphatic rings. The zero-order valence-corrected chi connectivity index (χ0v) is 14.5. The van der Waals surface area contributed by atoms with E-state index in [1.807, 2.05) is 30.3 Å². The van der Waals surface area contributed by atoms with Crippen molar-refractivity contribution in [3.63, 3.8) is 0 Å². The Morgan fingerprint density at radius 1 is 1.24 bits per heavy atom. The molecule has 112 valence electrons. The number of rotatable bonds is 6. The number of ether oxygens (including phenoxy) is 1. The first kappa shape index (κ1) is 16.3. The average Bonchev–Trinajstić information content (AvgIpc) is 2.49. The molecule has 0 aliphatic carbocycles. The van der Waals surface area contributed by atoms with Crippen molar-refractivity contribution in [1.82, 2.24) is 5.32 Å². The average molecular weight is 369 g/mol. The van der Waals surface area contributed by atoms with Gasteiger partial charge in [-0.1, -0.05) is 52.7 Å². The molecule has 0 amide bonds. The van der Waals surface area contributed by atoms with Gasteiger partial charge >= 0.3 is 0 Å². The van der Waals surface area contributed by atoms with Crippen molar-refractivity contribution >= 4 is 27.5 Å². The van der Waals surface area contributed by atoms with Gasteiger partial charge in [0.05, 0.1) is 13.2 Å². The maximum absolute atomic E-state index is 6.14. The van der Waals surface area contributed by atoms with Gasteiger partial charge in [-0.3, -0.25) is 0 Å². The van der Waals surface area contributed by atoms with Gasteiger partial charge in [-0.05, 0) is 42.8 Å². The SMILES string of the molecule is CCCNC(c1cccc(Cl)c1)c1ccc(Br)cc1OC. The molecule has 0 heterocycles. The van der Waals surface area contributed by atoms with Gasteiger partial charge < -0.3 is 10.1 Å². The fourth-order valence-corrected chi connectivity index (χ4v) is 2.84. The molecule has 2 nitrogen and oxygen atoms in total. The highest BCUT2D eigenvalue weighted by atomic mass is 79.9. The maximum atomic E-state index is 6.14. The minimum Gasteiger partial charge on any atom is -0.496 e. The van der Waals surface area contributed by atoms with Crippen LogP contribution in [0.2, 0.25) is 5.02 Å². The Hall–Kier alpha value is -1.03. The third-order valence-corrected chi connectivity index (χ3v) is 4.02. The molecular formula is C17H19BrClNO. The van der Waals surface area contributed by atoms with E-state index in [2.05, 4.69) is 40.3 Å². The highest BCUT2D eigenvalue weighted by Gasteiger charge is 2.18. The zero-order chi connectivity index (χ0) is 15.2. The van der Waals surface area contributed by atoms with Crippen LogP contribution in [-0.2, 0) is 0 Å². The predicted molar refractivity (Wildman–Crippen MR) is 92.3 cm³/mol.